The zero-order valence-electron chi connectivity index (χ0n) is 24.4. The molecule has 0 unspecified atom stereocenters. The van der Waals surface area contributed by atoms with Crippen LogP contribution >= 0.6 is 0 Å². The van der Waals surface area contributed by atoms with Crippen molar-refractivity contribution in [2.75, 3.05) is 0 Å². The second-order valence-corrected chi connectivity index (χ2v) is 11.1. The molecule has 0 spiro atoms. The van der Waals surface area contributed by atoms with Gasteiger partial charge in [0.25, 0.3) is 0 Å². The first-order valence-electron chi connectivity index (χ1n) is 15.2. The monoisotopic (exact) mass is 566 g/mol. The molecule has 0 fully saturated rings. The number of hydrogen-bond donors (Lipinski definition) is 2. The number of ether oxygens (including phenoxy) is 1. The minimum atomic E-state index is -0.720. The summed E-state index contributed by atoms with van der Waals surface area (Å²) in [5.74, 6) is 0. The number of rotatable bonds is 14. The molecular weight excluding hydrogens is 528 g/mol. The minimum absolute atomic E-state index is 0.720. The van der Waals surface area contributed by atoms with Crippen LogP contribution in [0.3, 0.4) is 0 Å². The van der Waals surface area contributed by atoms with Gasteiger partial charge < -0.3 is 14.7 Å². The van der Waals surface area contributed by atoms with E-state index in [9.17, 15) is 0 Å². The average Bonchev–Trinajstić information content (AvgIpc) is 3.80. The van der Waals surface area contributed by atoms with Crippen LogP contribution in [0.4, 0.5) is 0 Å². The molecule has 4 aromatic carbocycles. The molecule has 2 N–H and O–H groups in total. The third-order valence-corrected chi connectivity index (χ3v) is 8.37. The first-order chi connectivity index (χ1) is 21.3. The van der Waals surface area contributed by atoms with Gasteiger partial charge in [0.05, 0.1) is 12.7 Å². The third-order valence-electron chi connectivity index (χ3n) is 8.37. The number of imidazole rings is 2. The maximum Gasteiger partial charge on any atom is 0.120 e. The van der Waals surface area contributed by atoms with E-state index in [1.54, 1.807) is 12.7 Å². The molecule has 0 bridgehead atoms. The van der Waals surface area contributed by atoms with Crippen molar-refractivity contribution < 1.29 is 4.74 Å². The Morgan fingerprint density at radius 3 is 1.07 bits per heavy atom. The maximum atomic E-state index is 7.96. The number of aromatic amines is 2. The smallest absolute Gasteiger partial charge is 0.120 e. The fourth-order valence-corrected chi connectivity index (χ4v) is 6.27. The largest absolute Gasteiger partial charge is 0.350 e. The molecule has 0 saturated heterocycles. The summed E-state index contributed by atoms with van der Waals surface area (Å²) in [6, 6.07) is 43.0. The van der Waals surface area contributed by atoms with Gasteiger partial charge in [0.2, 0.25) is 0 Å². The molecule has 6 rings (SSSR count). The molecule has 0 amide bonds. The van der Waals surface area contributed by atoms with Gasteiger partial charge in [0.15, 0.2) is 0 Å². The van der Waals surface area contributed by atoms with Gasteiger partial charge in [-0.1, -0.05) is 121 Å². The average molecular weight is 567 g/mol. The second-order valence-electron chi connectivity index (χ2n) is 11.1. The van der Waals surface area contributed by atoms with E-state index in [4.69, 9.17) is 4.74 Å². The molecule has 0 aliphatic heterocycles. The summed E-state index contributed by atoms with van der Waals surface area (Å²) >= 11 is 0. The first kappa shape index (κ1) is 28.4. The number of aromatic nitrogens is 4. The lowest BCUT2D eigenvalue weighted by atomic mass is 9.77. The quantitative estimate of drug-likeness (QED) is 0.139. The van der Waals surface area contributed by atoms with Crippen LogP contribution in [-0.2, 0) is 28.8 Å². The van der Waals surface area contributed by atoms with E-state index in [2.05, 4.69) is 141 Å². The SMILES string of the molecule is c1ccc(C(CCCc2cnc[nH]2)(OC(CCCc2cnc[nH]2)(c2ccccc2)c2ccccc2)c2ccccc2)cc1. The number of nitrogens with one attached hydrogen (secondary N) is 2. The third kappa shape index (κ3) is 6.37. The number of aryl methyl sites for hydroxylation is 2. The molecule has 6 aromatic rings. The summed E-state index contributed by atoms with van der Waals surface area (Å²) in [6.45, 7) is 0. The molecule has 0 aliphatic carbocycles. The molecular formula is C38H38N4O. The molecule has 0 radical (unpaired) electrons. The van der Waals surface area contributed by atoms with Gasteiger partial charge in [-0.3, -0.25) is 0 Å². The molecule has 0 aliphatic rings. The van der Waals surface area contributed by atoms with E-state index in [1.807, 2.05) is 12.4 Å². The van der Waals surface area contributed by atoms with Crippen LogP contribution in [0.5, 0.6) is 0 Å². The molecule has 5 heteroatoms. The van der Waals surface area contributed by atoms with Gasteiger partial charge in [-0.25, -0.2) is 9.97 Å². The Bertz CT molecular complexity index is 1410. The molecule has 0 saturated carbocycles. The summed E-state index contributed by atoms with van der Waals surface area (Å²) in [4.78, 5) is 15.1. The van der Waals surface area contributed by atoms with Crippen molar-refractivity contribution in [3.05, 3.63) is 180 Å². The van der Waals surface area contributed by atoms with Crippen LogP contribution in [0.1, 0.15) is 59.3 Å². The lowest BCUT2D eigenvalue weighted by molar-refractivity contribution is -0.135. The standard InChI is InChI=1S/C38H38N4O/c1-5-15-31(16-6-1)37(32-17-7-2-8-18-32,25-13-23-35-27-39-29-41-35)43-38(33-19-9-3-10-20-33,34-21-11-4-12-22-34)26-14-24-36-28-40-30-42-36/h1-12,15-22,27-30H,13-14,23-26H2,(H,39,41)(H,40,42). The highest BCUT2D eigenvalue weighted by atomic mass is 16.5. The molecule has 216 valence electrons. The Hall–Kier alpha value is -4.74. The van der Waals surface area contributed by atoms with E-state index in [0.29, 0.717) is 0 Å². The van der Waals surface area contributed by atoms with Crippen molar-refractivity contribution in [1.82, 2.24) is 19.9 Å². The summed E-state index contributed by atoms with van der Waals surface area (Å²) in [7, 11) is 0. The van der Waals surface area contributed by atoms with Crippen LogP contribution in [0.15, 0.2) is 146 Å². The van der Waals surface area contributed by atoms with Gasteiger partial charge in [-0.2, -0.15) is 0 Å². The molecule has 0 atom stereocenters. The van der Waals surface area contributed by atoms with Gasteiger partial charge in [-0.15, -0.1) is 0 Å². The van der Waals surface area contributed by atoms with Gasteiger partial charge in [0, 0.05) is 23.8 Å². The van der Waals surface area contributed by atoms with Crippen LogP contribution in [0, 0.1) is 0 Å². The van der Waals surface area contributed by atoms with E-state index in [0.717, 1.165) is 72.2 Å². The topological polar surface area (TPSA) is 66.6 Å². The molecule has 43 heavy (non-hydrogen) atoms. The maximum absolute atomic E-state index is 7.96. The summed E-state index contributed by atoms with van der Waals surface area (Å²) in [5, 5.41) is 0. The van der Waals surface area contributed by atoms with Gasteiger partial charge >= 0.3 is 0 Å². The van der Waals surface area contributed by atoms with E-state index < -0.39 is 11.2 Å². The van der Waals surface area contributed by atoms with Crippen molar-refractivity contribution in [3.8, 4) is 0 Å². The molecule has 2 heterocycles. The van der Waals surface area contributed by atoms with Crippen molar-refractivity contribution in [2.45, 2.75) is 49.7 Å². The fourth-order valence-electron chi connectivity index (χ4n) is 6.27. The van der Waals surface area contributed by atoms with Crippen LogP contribution in [-0.4, -0.2) is 19.9 Å². The van der Waals surface area contributed by atoms with Gasteiger partial charge in [0.1, 0.15) is 11.2 Å². The molecule has 2 aromatic heterocycles. The Morgan fingerprint density at radius 2 is 0.791 bits per heavy atom. The minimum Gasteiger partial charge on any atom is -0.350 e. The highest BCUT2D eigenvalue weighted by Gasteiger charge is 2.46. The number of nitrogens with zero attached hydrogens (tertiary/aromatic N) is 2. The van der Waals surface area contributed by atoms with E-state index in [-0.39, 0.29) is 0 Å². The predicted octanol–water partition coefficient (Wildman–Crippen LogP) is 8.38. The Morgan fingerprint density at radius 1 is 0.465 bits per heavy atom. The summed E-state index contributed by atoms with van der Waals surface area (Å²) < 4.78 is 7.96. The highest BCUT2D eigenvalue weighted by molar-refractivity contribution is 5.41. The first-order valence-corrected chi connectivity index (χ1v) is 15.2. The van der Waals surface area contributed by atoms with Crippen molar-refractivity contribution in [3.63, 3.8) is 0 Å². The molecule has 5 nitrogen and oxygen atoms in total. The van der Waals surface area contributed by atoms with Crippen LogP contribution in [0.25, 0.3) is 0 Å². The number of benzene rings is 4. The lowest BCUT2D eigenvalue weighted by Crippen LogP contribution is -2.43. The number of hydrogen-bond acceptors (Lipinski definition) is 3. The van der Waals surface area contributed by atoms with Crippen LogP contribution < -0.4 is 0 Å². The summed E-state index contributed by atoms with van der Waals surface area (Å²) in [6.07, 6.45) is 12.5. The Balaban J connectivity index is 1.51. The van der Waals surface area contributed by atoms with Crippen molar-refractivity contribution in [1.29, 1.82) is 0 Å². The van der Waals surface area contributed by atoms with Crippen molar-refractivity contribution >= 4 is 0 Å². The van der Waals surface area contributed by atoms with E-state index >= 15 is 0 Å². The summed E-state index contributed by atoms with van der Waals surface area (Å²) in [5.41, 5.74) is 5.42. The lowest BCUT2D eigenvalue weighted by Gasteiger charge is -2.46. The Labute approximate surface area is 254 Å². The Kier molecular flexibility index (Phi) is 8.90. The zero-order chi connectivity index (χ0) is 29.2. The fraction of sp³-hybridized carbons (Fsp3) is 0.211. The van der Waals surface area contributed by atoms with Crippen LogP contribution in [0.2, 0.25) is 0 Å². The zero-order valence-corrected chi connectivity index (χ0v) is 24.4. The van der Waals surface area contributed by atoms with Gasteiger partial charge in [-0.05, 0) is 60.8 Å². The second kappa shape index (κ2) is 13.5. The number of H-pyrrole nitrogens is 2. The highest BCUT2D eigenvalue weighted by Crippen LogP contribution is 2.49. The van der Waals surface area contributed by atoms with E-state index in [1.165, 1.54) is 0 Å². The normalized spacial score (nSPS) is 11.9. The predicted molar refractivity (Wildman–Crippen MR) is 171 cm³/mol. The van der Waals surface area contributed by atoms with Crippen molar-refractivity contribution in [2.24, 2.45) is 0 Å².